The highest BCUT2D eigenvalue weighted by molar-refractivity contribution is 6.73. The molecule has 10 rings (SSSR count). The van der Waals surface area contributed by atoms with E-state index in [0.717, 1.165) is 61.7 Å². The molecule has 0 spiro atoms. The molecule has 0 saturated heterocycles. The molecule has 6 aromatic carbocycles. The van der Waals surface area contributed by atoms with E-state index in [2.05, 4.69) is 136 Å². The normalized spacial score (nSPS) is 12.7. The van der Waals surface area contributed by atoms with E-state index >= 15 is 0 Å². The van der Waals surface area contributed by atoms with Crippen LogP contribution in [0.2, 0.25) is 0 Å². The lowest BCUT2D eigenvalue weighted by molar-refractivity contribution is 0.483. The van der Waals surface area contributed by atoms with Gasteiger partial charge < -0.3 is 18.8 Å². The van der Waals surface area contributed by atoms with Gasteiger partial charge >= 0.3 is 7.05 Å². The fourth-order valence-electron chi connectivity index (χ4n) is 7.46. The van der Waals surface area contributed by atoms with Crippen LogP contribution in [0.4, 0.5) is 5.69 Å². The van der Waals surface area contributed by atoms with Crippen LogP contribution in [0.15, 0.2) is 158 Å². The summed E-state index contributed by atoms with van der Waals surface area (Å²) in [6, 6.07) is 52.5. The third kappa shape index (κ3) is 4.32. The second kappa shape index (κ2) is 10.8. The Kier molecular flexibility index (Phi) is 6.08. The molecular weight excluding hydrogens is 603 g/mol. The number of pyridine rings is 1. The molecule has 1 aliphatic heterocycles. The highest BCUT2D eigenvalue weighted by Gasteiger charge is 2.36. The van der Waals surface area contributed by atoms with E-state index in [-0.39, 0.29) is 7.05 Å². The molecule has 49 heavy (non-hydrogen) atoms. The first-order valence-corrected chi connectivity index (χ1v) is 16.5. The molecule has 6 nitrogen and oxygen atoms in total. The van der Waals surface area contributed by atoms with Crippen molar-refractivity contribution in [2.45, 2.75) is 0 Å². The zero-order chi connectivity index (χ0) is 32.5. The molecule has 3 aromatic heterocycles. The number of benzene rings is 6. The molecule has 0 fully saturated rings. The lowest BCUT2D eigenvalue weighted by Crippen LogP contribution is -2.47. The zero-order valence-electron chi connectivity index (χ0n) is 26.7. The zero-order valence-corrected chi connectivity index (χ0v) is 26.7. The fraction of sp³-hybridized carbons (Fsp3) is 0.0238. The number of ether oxygens (including phenoxy) is 1. The van der Waals surface area contributed by atoms with Crippen LogP contribution in [-0.4, -0.2) is 28.2 Å². The minimum atomic E-state index is -0.223. The molecule has 232 valence electrons. The number of fused-ring (bicyclic) bond motifs is 7. The highest BCUT2D eigenvalue weighted by Crippen LogP contribution is 2.37. The fourth-order valence-corrected chi connectivity index (χ4v) is 7.46. The summed E-state index contributed by atoms with van der Waals surface area (Å²) in [4.78, 5) is 7.09. The van der Waals surface area contributed by atoms with Gasteiger partial charge in [0, 0.05) is 39.9 Å². The van der Waals surface area contributed by atoms with Crippen molar-refractivity contribution in [3.63, 3.8) is 0 Å². The van der Waals surface area contributed by atoms with Crippen molar-refractivity contribution < 1.29 is 9.39 Å². The van der Waals surface area contributed by atoms with E-state index < -0.39 is 0 Å². The minimum absolute atomic E-state index is 0.223. The largest absolute Gasteiger partial charge is 0.536 e. The highest BCUT2D eigenvalue weighted by atomic mass is 16.5. The van der Waals surface area contributed by atoms with E-state index in [9.17, 15) is 0 Å². The van der Waals surface area contributed by atoms with E-state index in [1.807, 2.05) is 42.6 Å². The third-order valence-corrected chi connectivity index (χ3v) is 9.66. The van der Waals surface area contributed by atoms with Gasteiger partial charge in [-0.05, 0) is 73.2 Å². The van der Waals surface area contributed by atoms with Gasteiger partial charge in [0.1, 0.15) is 23.1 Å². The summed E-state index contributed by atoms with van der Waals surface area (Å²) in [7, 11) is 1.83. The molecular formula is C42H29BN4O2. The van der Waals surface area contributed by atoms with Crippen LogP contribution in [0.25, 0.3) is 55.1 Å². The number of hydrogen-bond donors (Lipinski definition) is 0. The Balaban J connectivity index is 1.07. The van der Waals surface area contributed by atoms with Crippen molar-refractivity contribution in [2.75, 3.05) is 11.9 Å². The van der Waals surface area contributed by atoms with Crippen LogP contribution < -0.4 is 19.7 Å². The second-order valence-electron chi connectivity index (χ2n) is 12.5. The number of rotatable bonds is 5. The van der Waals surface area contributed by atoms with Gasteiger partial charge in [-0.1, -0.05) is 78.9 Å². The quantitative estimate of drug-likeness (QED) is 0.178. The Morgan fingerprint density at radius 2 is 1.18 bits per heavy atom. The predicted molar refractivity (Wildman–Crippen MR) is 200 cm³/mol. The Hall–Kier alpha value is -6.47. The van der Waals surface area contributed by atoms with Crippen molar-refractivity contribution in [1.82, 2.24) is 14.1 Å². The Morgan fingerprint density at radius 1 is 0.551 bits per heavy atom. The molecule has 1 aliphatic rings. The molecule has 0 aliphatic carbocycles. The first-order chi connectivity index (χ1) is 24.2. The number of anilines is 1. The lowest BCUT2D eigenvalue weighted by Gasteiger charge is -2.17. The average molecular weight is 633 g/mol. The standard InChI is InChI=1S/C42H29BN4O2/c1-45-39-19-8-9-20-41(39)49-43(45)28-11-10-12-30(25-28)48-31-21-22-35-34-15-4-7-18-38(34)47(40(35)27-31)42-26-29(23-24-44-42)46-36-16-5-2-13-32(36)33-14-3-6-17-37(33)46/h2-27H,1H3. The van der Waals surface area contributed by atoms with Gasteiger partial charge in [-0.2, -0.15) is 0 Å². The van der Waals surface area contributed by atoms with Crippen LogP contribution in [0.5, 0.6) is 17.2 Å². The van der Waals surface area contributed by atoms with Crippen molar-refractivity contribution in [2.24, 2.45) is 0 Å². The maximum atomic E-state index is 6.55. The van der Waals surface area contributed by atoms with Gasteiger partial charge in [0.05, 0.1) is 33.4 Å². The summed E-state index contributed by atoms with van der Waals surface area (Å²) in [6.07, 6.45) is 1.90. The Labute approximate surface area is 283 Å². The second-order valence-corrected chi connectivity index (χ2v) is 12.5. The van der Waals surface area contributed by atoms with Gasteiger partial charge in [0.15, 0.2) is 0 Å². The summed E-state index contributed by atoms with van der Waals surface area (Å²) in [5.74, 6) is 3.22. The van der Waals surface area contributed by atoms with E-state index in [4.69, 9.17) is 14.4 Å². The number of aromatic nitrogens is 3. The molecule has 0 N–H and O–H groups in total. The summed E-state index contributed by atoms with van der Waals surface area (Å²) < 4.78 is 17.4. The number of nitrogens with zero attached hydrogens (tertiary/aromatic N) is 4. The van der Waals surface area contributed by atoms with E-state index in [1.54, 1.807) is 0 Å². The molecule has 7 heteroatoms. The number of para-hydroxylation sites is 5. The maximum Gasteiger partial charge on any atom is 0.519 e. The number of hydrogen-bond acceptors (Lipinski definition) is 4. The summed E-state index contributed by atoms with van der Waals surface area (Å²) >= 11 is 0. The first kappa shape index (κ1) is 27.6. The van der Waals surface area contributed by atoms with Gasteiger partial charge in [0.2, 0.25) is 0 Å². The first-order valence-electron chi connectivity index (χ1n) is 16.5. The molecule has 0 radical (unpaired) electrons. The SMILES string of the molecule is CN1B(c2cccc(Oc3ccc4c5ccccc5n(-c5cc(-n6c7ccccc7c7ccccc76)ccn5)c4c3)c2)Oc2ccccc21. The molecule has 0 saturated carbocycles. The third-order valence-electron chi connectivity index (χ3n) is 9.66. The maximum absolute atomic E-state index is 6.55. The Bertz CT molecular complexity index is 2680. The molecule has 0 atom stereocenters. The topological polar surface area (TPSA) is 44.5 Å². The summed E-state index contributed by atoms with van der Waals surface area (Å²) in [5.41, 5.74) is 7.60. The van der Waals surface area contributed by atoms with Crippen molar-refractivity contribution >= 4 is 61.8 Å². The predicted octanol–water partition coefficient (Wildman–Crippen LogP) is 9.29. The minimum Gasteiger partial charge on any atom is -0.536 e. The van der Waals surface area contributed by atoms with Crippen molar-refractivity contribution in [1.29, 1.82) is 0 Å². The van der Waals surface area contributed by atoms with Gasteiger partial charge in [0.25, 0.3) is 0 Å². The lowest BCUT2D eigenvalue weighted by atomic mass is 9.72. The molecule has 0 bridgehead atoms. The van der Waals surface area contributed by atoms with E-state index in [0.29, 0.717) is 0 Å². The average Bonchev–Trinajstić information content (AvgIpc) is 3.79. The molecule has 0 amide bonds. The monoisotopic (exact) mass is 632 g/mol. The Morgan fingerprint density at radius 3 is 1.92 bits per heavy atom. The van der Waals surface area contributed by atoms with Crippen LogP contribution in [-0.2, 0) is 0 Å². The van der Waals surface area contributed by atoms with Crippen LogP contribution >= 0.6 is 0 Å². The smallest absolute Gasteiger partial charge is 0.519 e. The van der Waals surface area contributed by atoms with Crippen LogP contribution in [0.3, 0.4) is 0 Å². The molecule has 0 unspecified atom stereocenters. The molecule has 9 aromatic rings. The van der Waals surface area contributed by atoms with Gasteiger partial charge in [-0.15, -0.1) is 0 Å². The molecule has 4 heterocycles. The van der Waals surface area contributed by atoms with Crippen LogP contribution in [0.1, 0.15) is 0 Å². The van der Waals surface area contributed by atoms with Gasteiger partial charge in [-0.25, -0.2) is 4.98 Å². The van der Waals surface area contributed by atoms with Crippen molar-refractivity contribution in [3.05, 3.63) is 158 Å². The van der Waals surface area contributed by atoms with Crippen LogP contribution in [0, 0.1) is 0 Å². The van der Waals surface area contributed by atoms with Crippen molar-refractivity contribution in [3.8, 4) is 28.8 Å². The van der Waals surface area contributed by atoms with E-state index in [1.165, 1.54) is 21.8 Å². The summed E-state index contributed by atoms with van der Waals surface area (Å²) in [5, 5.41) is 4.76. The van der Waals surface area contributed by atoms with Gasteiger partial charge in [-0.3, -0.25) is 4.57 Å². The summed E-state index contributed by atoms with van der Waals surface area (Å²) in [6.45, 7) is 0.